The fraction of sp³-hybridized carbons (Fsp3) is 0.607. The minimum atomic E-state index is -3.85. The Balaban J connectivity index is 1.42. The minimum absolute atomic E-state index is 0.0307. The summed E-state index contributed by atoms with van der Waals surface area (Å²) in [6.45, 7) is 0.282. The molecule has 1 saturated heterocycles. The van der Waals surface area contributed by atoms with Crippen molar-refractivity contribution in [1.29, 1.82) is 5.26 Å². The van der Waals surface area contributed by atoms with Gasteiger partial charge in [-0.05, 0) is 24.3 Å². The molecule has 0 radical (unpaired) electrons. The van der Waals surface area contributed by atoms with E-state index in [1.807, 2.05) is 6.07 Å². The minimum Gasteiger partial charge on any atom is -0.394 e. The lowest BCUT2D eigenvalue weighted by Crippen LogP contribution is -2.33. The summed E-state index contributed by atoms with van der Waals surface area (Å²) in [6.07, 6.45) is -1.98. The molecule has 0 bridgehead atoms. The Kier molecular flexibility index (Phi) is 13.0. The molecule has 1 saturated carbocycles. The number of hydrogen-bond donors (Lipinski definition) is 5. The molecule has 51 heavy (non-hydrogen) atoms. The van der Waals surface area contributed by atoms with Gasteiger partial charge < -0.3 is 38.1 Å². The second kappa shape index (κ2) is 17.0. The van der Waals surface area contributed by atoms with Crippen molar-refractivity contribution < 1.29 is 46.6 Å². The number of anilines is 2. The maximum Gasteiger partial charge on any atom is 0.327 e. The number of H-pyrrole nitrogens is 1. The number of carbonyl (C=O) groups excluding carboxylic acids is 1. The van der Waals surface area contributed by atoms with Crippen molar-refractivity contribution in [2.45, 2.75) is 70.4 Å². The summed E-state index contributed by atoms with van der Waals surface area (Å²) < 4.78 is 58.4. The first-order valence-corrected chi connectivity index (χ1v) is 19.7. The zero-order valence-corrected chi connectivity index (χ0v) is 30.3. The highest BCUT2D eigenvalue weighted by Gasteiger charge is 2.49. The van der Waals surface area contributed by atoms with E-state index in [0.717, 1.165) is 0 Å². The van der Waals surface area contributed by atoms with Crippen molar-refractivity contribution in [3.8, 4) is 6.07 Å². The van der Waals surface area contributed by atoms with Gasteiger partial charge in [-0.1, -0.05) is 20.8 Å². The van der Waals surface area contributed by atoms with Crippen LogP contribution in [0.1, 0.15) is 39.8 Å². The Hall–Kier alpha value is -3.28. The molecule has 1 aliphatic heterocycles. The molecule has 5 N–H and O–H groups in total. The van der Waals surface area contributed by atoms with E-state index in [-0.39, 0.29) is 49.1 Å². The number of aliphatic hydroxyl groups excluding tert-OH is 1. The molecule has 19 nitrogen and oxygen atoms in total. The van der Waals surface area contributed by atoms with Crippen LogP contribution in [0.15, 0.2) is 29.7 Å². The third-order valence-electron chi connectivity index (χ3n) is 8.38. The van der Waals surface area contributed by atoms with Crippen molar-refractivity contribution in [1.82, 2.24) is 29.5 Å². The molecule has 1 amide bonds. The van der Waals surface area contributed by atoms with Gasteiger partial charge in [-0.15, -0.1) is 0 Å². The number of nitriles is 1. The van der Waals surface area contributed by atoms with Gasteiger partial charge in [-0.2, -0.15) is 10.2 Å². The fourth-order valence-electron chi connectivity index (χ4n) is 5.73. The first-order chi connectivity index (χ1) is 24.3. The molecular weight excluding hydrogens is 735 g/mol. The number of nitrogens with zero attached hydrogens (tertiary/aromatic N) is 6. The van der Waals surface area contributed by atoms with Crippen LogP contribution in [0.25, 0.3) is 11.2 Å². The monoisotopic (exact) mass is 773 g/mol. The van der Waals surface area contributed by atoms with Crippen LogP contribution >= 0.6 is 15.0 Å². The largest absolute Gasteiger partial charge is 0.394 e. The lowest BCUT2D eigenvalue weighted by molar-refractivity contribution is -0.118. The standard InChI is InChI=1S/C28H38FN9O10P2S/c1-14(2)25(40)36-28-35-24-21(26(41)37-28)33-13-38(24)27-22(15(3)18(10-39)46-27)48-50(51,44-8-4-6-30)45-11-16-9-17(20(29)23(16)47-49(42)43)34-19-5-7-31-12-32-19/h5,7,12-18,20,22-23,27,39,49H,4,8-11H2,1-3H3,(H,42,43)(H,31,32,34)(H2,35,36,37,40,41)/t15-,16-,17-,18-,20+,22-,23-,27-,50?/m1/s1. The number of imidazole rings is 1. The number of carbonyl (C=O) groups is 1. The molecule has 23 heteroatoms. The van der Waals surface area contributed by atoms with E-state index in [2.05, 4.69) is 35.6 Å². The number of nitrogens with one attached hydrogen (secondary N) is 3. The summed E-state index contributed by atoms with van der Waals surface area (Å²) in [6, 6.07) is 2.61. The molecular formula is C28H38FN9O10P2S. The number of alkyl halides is 1. The van der Waals surface area contributed by atoms with Gasteiger partial charge in [0.2, 0.25) is 11.9 Å². The molecule has 4 heterocycles. The summed E-state index contributed by atoms with van der Waals surface area (Å²) in [5.41, 5.74) is -0.670. The maximum absolute atomic E-state index is 15.6. The molecule has 2 fully saturated rings. The number of ether oxygens (including phenoxy) is 1. The topological polar surface area (TPSA) is 258 Å². The van der Waals surface area contributed by atoms with Gasteiger partial charge in [-0.3, -0.25) is 29.0 Å². The molecule has 3 aromatic rings. The summed E-state index contributed by atoms with van der Waals surface area (Å²) >= 11 is 5.80. The predicted octanol–water partition coefficient (Wildman–Crippen LogP) is 2.19. The van der Waals surface area contributed by atoms with Crippen molar-refractivity contribution in [2.24, 2.45) is 17.8 Å². The van der Waals surface area contributed by atoms with Crippen LogP contribution in [-0.4, -0.2) is 95.7 Å². The highest BCUT2D eigenvalue weighted by Crippen LogP contribution is 2.56. The lowest BCUT2D eigenvalue weighted by atomic mass is 10.0. The van der Waals surface area contributed by atoms with Crippen molar-refractivity contribution in [3.63, 3.8) is 0 Å². The van der Waals surface area contributed by atoms with E-state index >= 15 is 4.39 Å². The SMILES string of the molecule is CC(C)C(=O)Nc1nc2c(ncn2[C@@H]2O[C@H](CO)[C@@H](C)[C@H]2OP(=S)(OCCC#N)OC[C@H]2C[C@@H](Nc3ccncn3)[C@H](F)[C@@H]2O[PH](=O)O)c(=O)[nH]1. The third kappa shape index (κ3) is 9.21. The summed E-state index contributed by atoms with van der Waals surface area (Å²) in [5.74, 6) is -1.96. The molecule has 0 spiro atoms. The molecule has 2 aliphatic rings. The van der Waals surface area contributed by atoms with Gasteiger partial charge in [0.25, 0.3) is 5.56 Å². The fourth-order valence-corrected chi connectivity index (χ4v) is 8.47. The van der Waals surface area contributed by atoms with Crippen LogP contribution in [0.2, 0.25) is 0 Å². The quantitative estimate of drug-likeness (QED) is 0.103. The predicted molar refractivity (Wildman–Crippen MR) is 182 cm³/mol. The zero-order chi connectivity index (χ0) is 36.9. The molecule has 0 aromatic carbocycles. The zero-order valence-electron chi connectivity index (χ0n) is 27.6. The first kappa shape index (κ1) is 38.9. The average molecular weight is 774 g/mol. The van der Waals surface area contributed by atoms with Crippen LogP contribution in [0.4, 0.5) is 16.2 Å². The van der Waals surface area contributed by atoms with Gasteiger partial charge in [0.1, 0.15) is 30.5 Å². The highest BCUT2D eigenvalue weighted by molar-refractivity contribution is 8.07. The van der Waals surface area contributed by atoms with E-state index in [1.165, 1.54) is 29.5 Å². The van der Waals surface area contributed by atoms with E-state index in [9.17, 15) is 29.4 Å². The Morgan fingerprint density at radius 2 is 2.14 bits per heavy atom. The van der Waals surface area contributed by atoms with E-state index in [0.29, 0.717) is 5.82 Å². The molecule has 278 valence electrons. The number of aliphatic hydroxyl groups is 1. The van der Waals surface area contributed by atoms with Gasteiger partial charge in [0.05, 0.1) is 50.8 Å². The highest BCUT2D eigenvalue weighted by atomic mass is 32.5. The second-order valence-electron chi connectivity index (χ2n) is 12.2. The summed E-state index contributed by atoms with van der Waals surface area (Å²) in [4.78, 5) is 53.7. The van der Waals surface area contributed by atoms with Crippen LogP contribution in [0, 0.1) is 29.1 Å². The van der Waals surface area contributed by atoms with Crippen molar-refractivity contribution in [2.75, 3.05) is 30.5 Å². The van der Waals surface area contributed by atoms with Gasteiger partial charge in [-0.25, -0.2) is 19.3 Å². The summed E-state index contributed by atoms with van der Waals surface area (Å²) in [7, 11) is -3.57. The van der Waals surface area contributed by atoms with Crippen molar-refractivity contribution in [3.05, 3.63) is 35.3 Å². The normalized spacial score (nSPS) is 28.0. The average Bonchev–Trinajstić information content (AvgIpc) is 3.74. The lowest BCUT2D eigenvalue weighted by Gasteiger charge is -2.30. The van der Waals surface area contributed by atoms with Gasteiger partial charge in [0.15, 0.2) is 17.4 Å². The molecule has 3 aromatic heterocycles. The number of amides is 1. The van der Waals surface area contributed by atoms with E-state index in [1.54, 1.807) is 20.8 Å². The van der Waals surface area contributed by atoms with Crippen LogP contribution in [0.5, 0.6) is 0 Å². The molecule has 1 aliphatic carbocycles. The van der Waals surface area contributed by atoms with Crippen LogP contribution < -0.4 is 16.2 Å². The smallest absolute Gasteiger partial charge is 0.327 e. The number of rotatable bonds is 16. The number of aromatic nitrogens is 6. The second-order valence-corrected chi connectivity index (χ2v) is 15.9. The van der Waals surface area contributed by atoms with Gasteiger partial charge >= 0.3 is 15.0 Å². The Morgan fingerprint density at radius 1 is 1.35 bits per heavy atom. The van der Waals surface area contributed by atoms with Gasteiger partial charge in [0, 0.05) is 24.0 Å². The summed E-state index contributed by atoms with van der Waals surface area (Å²) in [5, 5.41) is 24.8. The first-order valence-electron chi connectivity index (χ1n) is 15.9. The molecule has 10 atom stereocenters. The number of hydrogen-bond acceptors (Lipinski definition) is 16. The third-order valence-corrected chi connectivity index (χ3v) is 11.2. The number of aromatic amines is 1. The van der Waals surface area contributed by atoms with Crippen molar-refractivity contribution >= 4 is 55.6 Å². The molecule has 5 rings (SSSR count). The van der Waals surface area contributed by atoms with Crippen LogP contribution in [0.3, 0.4) is 0 Å². The Labute approximate surface area is 296 Å². The number of halogens is 1. The van der Waals surface area contributed by atoms with E-state index < -0.39 is 81.6 Å². The maximum atomic E-state index is 15.6. The van der Waals surface area contributed by atoms with E-state index in [4.69, 9.17) is 34.6 Å². The Morgan fingerprint density at radius 3 is 2.80 bits per heavy atom. The number of fused-ring (bicyclic) bond motifs is 1. The molecule has 2 unspecified atom stereocenters. The Bertz CT molecular complexity index is 1850. The van der Waals surface area contributed by atoms with Crippen LogP contribution in [-0.2, 0) is 44.0 Å².